The predicted molar refractivity (Wildman–Crippen MR) is 71.3 cm³/mol. The van der Waals surface area contributed by atoms with Crippen molar-refractivity contribution in [3.05, 3.63) is 65.2 Å². The number of hydrogen-bond donors (Lipinski definition) is 0. The molecule has 0 aromatic heterocycles. The second-order valence-corrected chi connectivity index (χ2v) is 4.02. The van der Waals surface area contributed by atoms with Crippen LogP contribution in [0.1, 0.15) is 16.7 Å². The molecule has 0 heterocycles. The van der Waals surface area contributed by atoms with Crippen LogP contribution in [0.2, 0.25) is 0 Å². The molecule has 18 heavy (non-hydrogen) atoms. The van der Waals surface area contributed by atoms with Crippen molar-refractivity contribution in [3.63, 3.8) is 0 Å². The van der Waals surface area contributed by atoms with Crippen molar-refractivity contribution < 1.29 is 21.7 Å². The van der Waals surface area contributed by atoms with Gasteiger partial charge in [-0.05, 0) is 37.1 Å². The van der Waals surface area contributed by atoms with Gasteiger partial charge < -0.3 is 21.7 Å². The maximum atomic E-state index is 5.74. The molecule has 0 N–H and O–H groups in total. The van der Waals surface area contributed by atoms with Gasteiger partial charge in [-0.2, -0.15) is 30.3 Å². The summed E-state index contributed by atoms with van der Waals surface area (Å²) < 4.78 is 5.74. The molecule has 0 fully saturated rings. The minimum atomic E-state index is 0. The monoisotopic (exact) mass is 314 g/mol. The van der Waals surface area contributed by atoms with Crippen molar-refractivity contribution in [2.75, 3.05) is 0 Å². The molecule has 2 aromatic carbocycles. The van der Waals surface area contributed by atoms with Crippen LogP contribution in [0, 0.1) is 19.9 Å². The summed E-state index contributed by atoms with van der Waals surface area (Å²) in [5.74, 6) is 0.935. The summed E-state index contributed by atoms with van der Waals surface area (Å²) in [5.41, 5.74) is 3.63. The molecule has 0 atom stereocenters. The first-order chi connectivity index (χ1) is 7.74. The van der Waals surface area contributed by atoms with Crippen molar-refractivity contribution in [3.8, 4) is 5.75 Å². The minimum absolute atomic E-state index is 0. The van der Waals surface area contributed by atoms with Gasteiger partial charge in [-0.3, -0.25) is 0 Å². The zero-order valence-corrected chi connectivity index (χ0v) is 13.7. The van der Waals surface area contributed by atoms with Crippen molar-refractivity contribution in [1.29, 1.82) is 0 Å². The van der Waals surface area contributed by atoms with Gasteiger partial charge in [0.1, 0.15) is 5.75 Å². The van der Waals surface area contributed by atoms with E-state index in [4.69, 9.17) is 4.74 Å². The third-order valence-electron chi connectivity index (χ3n) is 2.39. The molecule has 3 heteroatoms. The van der Waals surface area contributed by atoms with Gasteiger partial charge in [-0.25, -0.2) is 0 Å². The summed E-state index contributed by atoms with van der Waals surface area (Å²) >= 11 is 0. The first kappa shape index (κ1) is 17.5. The fourth-order valence-electron chi connectivity index (χ4n) is 1.70. The van der Waals surface area contributed by atoms with E-state index in [1.165, 1.54) is 11.1 Å². The molecule has 0 aliphatic rings. The third-order valence-corrected chi connectivity index (χ3v) is 2.39. The van der Waals surface area contributed by atoms with E-state index in [-0.39, 0.29) is 40.0 Å². The van der Waals surface area contributed by atoms with E-state index in [0.29, 0.717) is 6.61 Å². The maximum Gasteiger partial charge on any atom is 2.00 e. The molecule has 1 nitrogen and oxygen atoms in total. The molecular weight excluding hydrogens is 300 g/mol. The van der Waals surface area contributed by atoms with E-state index in [2.05, 4.69) is 38.1 Å². The number of aryl methyl sites for hydroxylation is 2. The van der Waals surface area contributed by atoms with Gasteiger partial charge in [0.05, 0.1) is 6.61 Å². The van der Waals surface area contributed by atoms with E-state index in [1.807, 2.05) is 24.3 Å². The Hall–Kier alpha value is -0.514. The van der Waals surface area contributed by atoms with E-state index in [9.17, 15) is 0 Å². The van der Waals surface area contributed by atoms with Gasteiger partial charge in [-0.1, -0.05) is 6.07 Å². The van der Waals surface area contributed by atoms with Gasteiger partial charge in [0, 0.05) is 0 Å². The summed E-state index contributed by atoms with van der Waals surface area (Å²) in [7, 11) is 0. The predicted octanol–water partition coefficient (Wildman–Crippen LogP) is 0.306. The topological polar surface area (TPSA) is 9.23 Å². The van der Waals surface area contributed by atoms with Crippen molar-refractivity contribution in [2.45, 2.75) is 20.5 Å². The summed E-state index contributed by atoms with van der Waals surface area (Å²) in [6.45, 7) is 4.77. The molecule has 0 bridgehead atoms. The third kappa shape index (κ3) is 5.42. The molecule has 0 aliphatic heterocycles. The SMILES string of the molecule is Cc1cc(C)cc(OCc2cc[c-]cc2)c1.[Br-].[Mg+2]. The van der Waals surface area contributed by atoms with Crippen LogP contribution in [-0.2, 0) is 6.61 Å². The summed E-state index contributed by atoms with van der Waals surface area (Å²) in [6.07, 6.45) is 0. The summed E-state index contributed by atoms with van der Waals surface area (Å²) in [5, 5.41) is 0. The second-order valence-electron chi connectivity index (χ2n) is 4.02. The molecule has 90 valence electrons. The second kappa shape index (κ2) is 8.56. The van der Waals surface area contributed by atoms with Gasteiger partial charge in [0.2, 0.25) is 0 Å². The van der Waals surface area contributed by atoms with Crippen LogP contribution in [-0.4, -0.2) is 23.1 Å². The van der Waals surface area contributed by atoms with Crippen LogP contribution in [0.4, 0.5) is 0 Å². The first-order valence-corrected chi connectivity index (χ1v) is 5.40. The maximum absolute atomic E-state index is 5.74. The van der Waals surface area contributed by atoms with E-state index < -0.39 is 0 Å². The first-order valence-electron chi connectivity index (χ1n) is 5.40. The zero-order chi connectivity index (χ0) is 11.4. The van der Waals surface area contributed by atoms with Crippen molar-refractivity contribution >= 4 is 23.1 Å². The molecule has 2 aromatic rings. The average molecular weight is 315 g/mol. The molecule has 0 aliphatic carbocycles. The fraction of sp³-hybridized carbons (Fsp3) is 0.200. The van der Waals surface area contributed by atoms with Crippen LogP contribution >= 0.6 is 0 Å². The van der Waals surface area contributed by atoms with Crippen LogP contribution in [0.25, 0.3) is 0 Å². The number of rotatable bonds is 3. The summed E-state index contributed by atoms with van der Waals surface area (Å²) in [6, 6.07) is 17.1. The van der Waals surface area contributed by atoms with Crippen molar-refractivity contribution in [2.24, 2.45) is 0 Å². The number of ether oxygens (including phenoxy) is 1. The van der Waals surface area contributed by atoms with Crippen LogP contribution in [0.3, 0.4) is 0 Å². The molecule has 0 radical (unpaired) electrons. The Balaban J connectivity index is 0.00000144. The average Bonchev–Trinajstić information content (AvgIpc) is 2.27. The Morgan fingerprint density at radius 3 is 2.11 bits per heavy atom. The Labute approximate surface area is 135 Å². The standard InChI is InChI=1S/C15H15O.BrH.Mg/c1-12-8-13(2)10-15(9-12)16-11-14-6-4-3-5-7-14;;/h4-10H,11H2,1-2H3;1H;/q-1;;+2/p-1. The van der Waals surface area contributed by atoms with Gasteiger partial charge >= 0.3 is 23.1 Å². The minimum Gasteiger partial charge on any atom is -1.00 e. The van der Waals surface area contributed by atoms with Gasteiger partial charge in [-0.15, -0.1) is 5.56 Å². The molecule has 0 spiro atoms. The molecule has 0 saturated carbocycles. The van der Waals surface area contributed by atoms with E-state index in [1.54, 1.807) is 0 Å². The molecule has 2 rings (SSSR count). The van der Waals surface area contributed by atoms with E-state index >= 15 is 0 Å². The van der Waals surface area contributed by atoms with Crippen molar-refractivity contribution in [1.82, 2.24) is 0 Å². The molecule has 0 saturated heterocycles. The van der Waals surface area contributed by atoms with Gasteiger partial charge in [0.15, 0.2) is 0 Å². The zero-order valence-electron chi connectivity index (χ0n) is 10.7. The smallest absolute Gasteiger partial charge is 1.00 e. The van der Waals surface area contributed by atoms with Crippen LogP contribution in [0.5, 0.6) is 5.75 Å². The Morgan fingerprint density at radius 1 is 1.00 bits per heavy atom. The Morgan fingerprint density at radius 2 is 1.56 bits per heavy atom. The summed E-state index contributed by atoms with van der Waals surface area (Å²) in [4.78, 5) is 0. The quantitative estimate of drug-likeness (QED) is 0.585. The van der Waals surface area contributed by atoms with E-state index in [0.717, 1.165) is 11.3 Å². The van der Waals surface area contributed by atoms with Gasteiger partial charge in [0.25, 0.3) is 0 Å². The largest absolute Gasteiger partial charge is 2.00 e. The molecular formula is C15H15BrMgO. The van der Waals surface area contributed by atoms with Crippen LogP contribution < -0.4 is 21.7 Å². The Kier molecular flexibility index (Phi) is 8.32. The number of benzene rings is 2. The van der Waals surface area contributed by atoms with Crippen LogP contribution in [0.15, 0.2) is 42.5 Å². The fourth-order valence-corrected chi connectivity index (χ4v) is 1.70. The number of halogens is 1. The Bertz CT molecular complexity index is 451. The molecule has 0 amide bonds. The molecule has 0 unspecified atom stereocenters. The normalized spacial score (nSPS) is 9.00. The number of hydrogen-bond acceptors (Lipinski definition) is 1.